The first-order valence-electron chi connectivity index (χ1n) is 8.91. The molecule has 0 saturated carbocycles. The molecule has 2 aromatic heterocycles. The Morgan fingerprint density at radius 2 is 2.07 bits per heavy atom. The number of aryl methyl sites for hydroxylation is 1. The third-order valence-corrected chi connectivity index (χ3v) is 5.73. The summed E-state index contributed by atoms with van der Waals surface area (Å²) in [7, 11) is 1.91. The van der Waals surface area contributed by atoms with E-state index in [4.69, 9.17) is 11.6 Å². The van der Waals surface area contributed by atoms with Crippen LogP contribution in [0.1, 0.15) is 30.1 Å². The molecule has 144 valence electrons. The zero-order chi connectivity index (χ0) is 19.8. The number of aliphatic hydroxyl groups is 1. The van der Waals surface area contributed by atoms with Crippen LogP contribution >= 0.6 is 22.9 Å². The fourth-order valence-electron chi connectivity index (χ4n) is 3.02. The number of hydrogen-bond donors (Lipinski definition) is 2. The number of halogens is 1. The van der Waals surface area contributed by atoms with Crippen molar-refractivity contribution in [1.82, 2.24) is 14.5 Å². The molecule has 8 heteroatoms. The fraction of sp³-hybridized carbons (Fsp3) is 0.250. The molecule has 0 unspecified atom stereocenters. The van der Waals surface area contributed by atoms with Crippen LogP contribution in [-0.4, -0.2) is 31.5 Å². The SMILES string of the molecule is C[C@H](O)CCC(=O)c1ccc2c(c1)nc(Nc1nc3ccc(Cl)cc3s1)n2C. The molecule has 0 aliphatic rings. The van der Waals surface area contributed by atoms with Gasteiger partial charge < -0.3 is 15.0 Å². The molecule has 0 fully saturated rings. The van der Waals surface area contributed by atoms with Gasteiger partial charge in [0.05, 0.1) is 27.4 Å². The molecular formula is C20H19ClN4O2S. The van der Waals surface area contributed by atoms with Crippen LogP contribution in [0.25, 0.3) is 21.3 Å². The summed E-state index contributed by atoms with van der Waals surface area (Å²) >= 11 is 7.55. The maximum Gasteiger partial charge on any atom is 0.209 e. The predicted octanol–water partition coefficient (Wildman–Crippen LogP) is 4.92. The van der Waals surface area contributed by atoms with Crippen LogP contribution in [0.3, 0.4) is 0 Å². The van der Waals surface area contributed by atoms with E-state index in [0.29, 0.717) is 29.4 Å². The Hall–Kier alpha value is -2.48. The number of nitrogens with zero attached hydrogens (tertiary/aromatic N) is 3. The van der Waals surface area contributed by atoms with E-state index in [0.717, 1.165) is 26.4 Å². The van der Waals surface area contributed by atoms with Gasteiger partial charge in [0, 0.05) is 24.1 Å². The number of nitrogens with one attached hydrogen (secondary N) is 1. The molecule has 6 nitrogen and oxygen atoms in total. The van der Waals surface area contributed by atoms with Crippen molar-refractivity contribution in [2.24, 2.45) is 7.05 Å². The largest absolute Gasteiger partial charge is 0.393 e. The number of Topliss-reactive ketones (excluding diaryl/α,β-unsaturated/α-hetero) is 1. The zero-order valence-electron chi connectivity index (χ0n) is 15.4. The number of carbonyl (C=O) groups is 1. The summed E-state index contributed by atoms with van der Waals surface area (Å²) in [6, 6.07) is 11.1. The Kier molecular flexibility index (Phi) is 5.05. The van der Waals surface area contributed by atoms with Crippen molar-refractivity contribution in [3.8, 4) is 0 Å². The number of aromatic nitrogens is 3. The smallest absolute Gasteiger partial charge is 0.209 e. The minimum atomic E-state index is -0.484. The van der Waals surface area contributed by atoms with Crippen molar-refractivity contribution in [2.75, 3.05) is 5.32 Å². The van der Waals surface area contributed by atoms with E-state index < -0.39 is 6.10 Å². The summed E-state index contributed by atoms with van der Waals surface area (Å²) in [4.78, 5) is 21.5. The zero-order valence-corrected chi connectivity index (χ0v) is 17.0. The Bertz CT molecular complexity index is 1180. The molecule has 0 bridgehead atoms. The number of ketones is 1. The highest BCUT2D eigenvalue weighted by Gasteiger charge is 2.14. The lowest BCUT2D eigenvalue weighted by Crippen LogP contribution is -2.05. The number of aliphatic hydroxyl groups excluding tert-OH is 1. The maximum atomic E-state index is 12.3. The molecule has 0 radical (unpaired) electrons. The van der Waals surface area contributed by atoms with Crippen molar-refractivity contribution in [3.05, 3.63) is 47.0 Å². The Balaban J connectivity index is 1.62. The van der Waals surface area contributed by atoms with Gasteiger partial charge in [-0.1, -0.05) is 22.9 Å². The van der Waals surface area contributed by atoms with Crippen LogP contribution in [0.15, 0.2) is 36.4 Å². The highest BCUT2D eigenvalue weighted by molar-refractivity contribution is 7.22. The Morgan fingerprint density at radius 1 is 1.25 bits per heavy atom. The molecule has 0 aliphatic carbocycles. The highest BCUT2D eigenvalue weighted by Crippen LogP contribution is 2.31. The molecular weight excluding hydrogens is 396 g/mol. The maximum absolute atomic E-state index is 12.3. The first-order chi connectivity index (χ1) is 13.4. The van der Waals surface area contributed by atoms with Crippen LogP contribution < -0.4 is 5.32 Å². The average Bonchev–Trinajstić information content (AvgIpc) is 3.19. The van der Waals surface area contributed by atoms with E-state index >= 15 is 0 Å². The third kappa shape index (κ3) is 3.73. The van der Waals surface area contributed by atoms with E-state index in [2.05, 4.69) is 15.3 Å². The summed E-state index contributed by atoms with van der Waals surface area (Å²) in [5.74, 6) is 0.653. The van der Waals surface area contributed by atoms with Gasteiger partial charge in [-0.05, 0) is 49.7 Å². The number of hydrogen-bond acceptors (Lipinski definition) is 6. The van der Waals surface area contributed by atoms with Crippen molar-refractivity contribution >= 4 is 61.1 Å². The minimum Gasteiger partial charge on any atom is -0.393 e. The second-order valence-corrected chi connectivity index (χ2v) is 8.23. The molecule has 1 atom stereocenters. The number of thiazole rings is 1. The van der Waals surface area contributed by atoms with Gasteiger partial charge in [-0.25, -0.2) is 9.97 Å². The Labute approximate surface area is 170 Å². The van der Waals surface area contributed by atoms with Crippen LogP contribution in [0.4, 0.5) is 11.1 Å². The lowest BCUT2D eigenvalue weighted by molar-refractivity contribution is 0.0949. The number of carbonyl (C=O) groups excluding carboxylic acids is 1. The van der Waals surface area contributed by atoms with Gasteiger partial charge in [-0.2, -0.15) is 0 Å². The number of benzene rings is 2. The van der Waals surface area contributed by atoms with Gasteiger partial charge in [-0.3, -0.25) is 4.79 Å². The van der Waals surface area contributed by atoms with E-state index in [1.54, 1.807) is 19.1 Å². The minimum absolute atomic E-state index is 0.00557. The number of imidazole rings is 1. The van der Waals surface area contributed by atoms with Gasteiger partial charge in [0.15, 0.2) is 10.9 Å². The summed E-state index contributed by atoms with van der Waals surface area (Å²) in [5, 5.41) is 14.0. The molecule has 0 saturated heterocycles. The normalized spacial score (nSPS) is 12.6. The van der Waals surface area contributed by atoms with E-state index in [1.165, 1.54) is 11.3 Å². The summed E-state index contributed by atoms with van der Waals surface area (Å²) in [5.41, 5.74) is 3.13. The van der Waals surface area contributed by atoms with Crippen molar-refractivity contribution in [1.29, 1.82) is 0 Å². The number of rotatable bonds is 6. The van der Waals surface area contributed by atoms with Gasteiger partial charge >= 0.3 is 0 Å². The molecule has 2 N–H and O–H groups in total. The second-order valence-electron chi connectivity index (χ2n) is 6.76. The summed E-state index contributed by atoms with van der Waals surface area (Å²) in [6.45, 7) is 1.68. The lowest BCUT2D eigenvalue weighted by atomic mass is 10.0. The van der Waals surface area contributed by atoms with Crippen molar-refractivity contribution < 1.29 is 9.90 Å². The van der Waals surface area contributed by atoms with Crippen LogP contribution in [0, 0.1) is 0 Å². The van der Waals surface area contributed by atoms with Crippen molar-refractivity contribution in [3.63, 3.8) is 0 Å². The van der Waals surface area contributed by atoms with E-state index in [-0.39, 0.29) is 5.78 Å². The standard InChI is InChI=1S/C20H19ClN4O2S/c1-11(26)3-8-17(27)12-4-7-16-15(9-12)22-19(25(16)2)24-20-23-14-6-5-13(21)10-18(14)28-20/h4-7,9-11,26H,3,8H2,1-2H3,(H,22,23,24)/t11-/m0/s1. The summed E-state index contributed by atoms with van der Waals surface area (Å²) < 4.78 is 2.93. The number of fused-ring (bicyclic) bond motifs is 2. The first-order valence-corrected chi connectivity index (χ1v) is 10.1. The molecule has 28 heavy (non-hydrogen) atoms. The third-order valence-electron chi connectivity index (χ3n) is 4.56. The molecule has 2 aromatic carbocycles. The number of anilines is 2. The molecule has 0 aliphatic heterocycles. The van der Waals surface area contributed by atoms with Gasteiger partial charge in [-0.15, -0.1) is 0 Å². The van der Waals surface area contributed by atoms with E-state index in [9.17, 15) is 9.90 Å². The van der Waals surface area contributed by atoms with Gasteiger partial charge in [0.1, 0.15) is 0 Å². The molecule has 0 spiro atoms. The van der Waals surface area contributed by atoms with E-state index in [1.807, 2.05) is 35.9 Å². The molecule has 4 rings (SSSR count). The summed E-state index contributed by atoms with van der Waals surface area (Å²) in [6.07, 6.45) is 0.283. The van der Waals surface area contributed by atoms with Gasteiger partial charge in [0.25, 0.3) is 0 Å². The first kappa shape index (κ1) is 18.9. The van der Waals surface area contributed by atoms with Gasteiger partial charge in [0.2, 0.25) is 5.95 Å². The quantitative estimate of drug-likeness (QED) is 0.437. The highest BCUT2D eigenvalue weighted by atomic mass is 35.5. The van der Waals surface area contributed by atoms with Crippen molar-refractivity contribution in [2.45, 2.75) is 25.9 Å². The Morgan fingerprint density at radius 3 is 2.86 bits per heavy atom. The van der Waals surface area contributed by atoms with Crippen LogP contribution in [0.5, 0.6) is 0 Å². The lowest BCUT2D eigenvalue weighted by Gasteiger charge is -2.04. The topological polar surface area (TPSA) is 80.0 Å². The molecule has 4 aromatic rings. The molecule has 0 amide bonds. The monoisotopic (exact) mass is 414 g/mol. The predicted molar refractivity (Wildman–Crippen MR) is 114 cm³/mol. The second kappa shape index (κ2) is 7.50. The average molecular weight is 415 g/mol. The molecule has 2 heterocycles. The van der Waals surface area contributed by atoms with Crippen LogP contribution in [0.2, 0.25) is 5.02 Å². The van der Waals surface area contributed by atoms with Crippen LogP contribution in [-0.2, 0) is 7.05 Å². The fourth-order valence-corrected chi connectivity index (χ4v) is 4.15.